The van der Waals surface area contributed by atoms with E-state index in [1.807, 2.05) is 33.8 Å². The summed E-state index contributed by atoms with van der Waals surface area (Å²) in [4.78, 5) is 0. The van der Waals surface area contributed by atoms with E-state index in [-0.39, 0.29) is 37.7 Å². The molecule has 12 atom stereocenters. The van der Waals surface area contributed by atoms with Crippen molar-refractivity contribution >= 4 is 10.4 Å². The van der Waals surface area contributed by atoms with Gasteiger partial charge in [0.1, 0.15) is 17.3 Å². The molecule has 4 aliphatic rings. The van der Waals surface area contributed by atoms with Gasteiger partial charge in [0, 0.05) is 17.8 Å². The third-order valence-corrected chi connectivity index (χ3v) is 11.8. The topological polar surface area (TPSA) is 185 Å². The lowest BCUT2D eigenvalue weighted by Crippen LogP contribution is -2.78. The zero-order chi connectivity index (χ0) is 28.5. The van der Waals surface area contributed by atoms with E-state index in [0.29, 0.717) is 32.1 Å². The molecule has 0 aromatic heterocycles. The lowest BCUT2D eigenvalue weighted by molar-refractivity contribution is -0.335. The zero-order valence-corrected chi connectivity index (χ0v) is 23.6. The fourth-order valence-corrected chi connectivity index (χ4v) is 10.0. The van der Waals surface area contributed by atoms with Gasteiger partial charge in [-0.2, -0.15) is 8.42 Å². The van der Waals surface area contributed by atoms with Gasteiger partial charge in [-0.3, -0.25) is 4.55 Å². The van der Waals surface area contributed by atoms with Crippen molar-refractivity contribution in [2.75, 3.05) is 6.61 Å². The van der Waals surface area contributed by atoms with Crippen LogP contribution in [-0.4, -0.2) is 85.8 Å². The van der Waals surface area contributed by atoms with Gasteiger partial charge in [0.25, 0.3) is 0 Å². The van der Waals surface area contributed by atoms with E-state index in [1.54, 1.807) is 0 Å². The van der Waals surface area contributed by atoms with Crippen LogP contribution >= 0.6 is 0 Å². The van der Waals surface area contributed by atoms with E-state index >= 15 is 0 Å². The third-order valence-electron chi connectivity index (χ3n) is 11.3. The molecule has 4 aliphatic carbocycles. The van der Waals surface area contributed by atoms with Crippen molar-refractivity contribution in [3.63, 3.8) is 0 Å². The van der Waals surface area contributed by atoms with Gasteiger partial charge >= 0.3 is 10.4 Å². The lowest BCUT2D eigenvalue weighted by Gasteiger charge is -2.69. The van der Waals surface area contributed by atoms with Gasteiger partial charge in [-0.1, -0.05) is 32.4 Å². The van der Waals surface area contributed by atoms with E-state index in [9.17, 15) is 43.6 Å². The normalized spacial score (nSPS) is 50.2. The summed E-state index contributed by atoms with van der Waals surface area (Å²) in [7, 11) is -4.98. The second-order valence-electron chi connectivity index (χ2n) is 13.2. The summed E-state index contributed by atoms with van der Waals surface area (Å²) in [5.74, 6) is -1.62. The van der Waals surface area contributed by atoms with Crippen molar-refractivity contribution < 1.29 is 47.8 Å². The van der Waals surface area contributed by atoms with Crippen molar-refractivity contribution in [1.29, 1.82) is 0 Å². The first-order valence-corrected chi connectivity index (χ1v) is 15.2. The first-order valence-electron chi connectivity index (χ1n) is 13.9. The number of hydrogen-bond donors (Lipinski definition) is 7. The van der Waals surface area contributed by atoms with Crippen LogP contribution in [0.4, 0.5) is 0 Å². The number of aliphatic hydroxyl groups is 6. The largest absolute Gasteiger partial charge is 0.397 e. The number of fused-ring (bicyclic) bond motifs is 5. The van der Waals surface area contributed by atoms with Crippen LogP contribution in [0.25, 0.3) is 0 Å². The maximum atomic E-state index is 12.6. The number of aliphatic hydroxyl groups excluding tert-OH is 4. The summed E-state index contributed by atoms with van der Waals surface area (Å²) in [6, 6.07) is 0. The van der Waals surface area contributed by atoms with Crippen LogP contribution in [0.1, 0.15) is 79.1 Å². The Bertz CT molecular complexity index is 1030. The highest BCUT2D eigenvalue weighted by Gasteiger charge is 2.79. The molecule has 4 saturated carbocycles. The van der Waals surface area contributed by atoms with Crippen molar-refractivity contribution in [1.82, 2.24) is 0 Å². The molecule has 4 rings (SSSR count). The Morgan fingerprint density at radius 1 is 1.11 bits per heavy atom. The molecule has 0 bridgehead atoms. The number of allylic oxidation sites excluding steroid dienone is 1. The van der Waals surface area contributed by atoms with E-state index in [0.717, 1.165) is 5.57 Å². The SMILES string of the molecule is CC(=CCCC(C)C1CC(OS(=O)(=O)O)C2(O)C1(C)CCC1C3(C)CCC(O)C(O)C3C(O)CC12O)CO. The molecule has 0 spiro atoms. The molecule has 0 radical (unpaired) electrons. The Morgan fingerprint density at radius 2 is 1.76 bits per heavy atom. The summed E-state index contributed by atoms with van der Waals surface area (Å²) < 4.78 is 38.7. The molecule has 0 heterocycles. The Hall–Kier alpha value is -0.630. The standard InChI is InChI=1S/C27H46O10S/c1-15(14-28)6-5-7-16(2)17-12-21(37-38(34,35)36)27(33)25(17,4)11-9-20-24(3)10-8-18(29)23(31)22(24)19(30)13-26(20,27)32/h6,16-23,28-33H,5,7-14H2,1-4H3,(H,34,35,36). The summed E-state index contributed by atoms with van der Waals surface area (Å²) in [6.45, 7) is 7.50. The highest BCUT2D eigenvalue weighted by molar-refractivity contribution is 7.80. The van der Waals surface area contributed by atoms with Gasteiger partial charge in [0.15, 0.2) is 0 Å². The molecular weight excluding hydrogens is 516 g/mol. The second kappa shape index (κ2) is 10.0. The molecule has 220 valence electrons. The van der Waals surface area contributed by atoms with Crippen LogP contribution in [-0.2, 0) is 14.6 Å². The van der Waals surface area contributed by atoms with Gasteiger partial charge in [-0.05, 0) is 75.0 Å². The Labute approximate surface area is 225 Å². The highest BCUT2D eigenvalue weighted by atomic mass is 32.3. The minimum atomic E-state index is -4.98. The Balaban J connectivity index is 1.77. The molecule has 7 N–H and O–H groups in total. The molecule has 11 heteroatoms. The first-order chi connectivity index (χ1) is 17.5. The van der Waals surface area contributed by atoms with Crippen LogP contribution in [0.3, 0.4) is 0 Å². The van der Waals surface area contributed by atoms with Gasteiger partial charge in [-0.25, -0.2) is 4.18 Å². The molecule has 0 saturated heterocycles. The van der Waals surface area contributed by atoms with E-state index in [4.69, 9.17) is 4.18 Å². The van der Waals surface area contributed by atoms with Crippen LogP contribution in [0, 0.1) is 34.5 Å². The predicted octanol–water partition coefficient (Wildman–Crippen LogP) is 1.33. The van der Waals surface area contributed by atoms with Crippen molar-refractivity contribution in [2.45, 2.75) is 115 Å². The average Bonchev–Trinajstić information content (AvgIpc) is 3.03. The van der Waals surface area contributed by atoms with E-state index in [1.165, 1.54) is 0 Å². The van der Waals surface area contributed by atoms with Crippen molar-refractivity contribution in [3.05, 3.63) is 11.6 Å². The molecular formula is C27H46O10S. The zero-order valence-electron chi connectivity index (χ0n) is 22.8. The Morgan fingerprint density at radius 3 is 2.37 bits per heavy atom. The third kappa shape index (κ3) is 4.41. The predicted molar refractivity (Wildman–Crippen MR) is 138 cm³/mol. The lowest BCUT2D eigenvalue weighted by atomic mass is 9.40. The first kappa shape index (κ1) is 30.3. The molecule has 4 fully saturated rings. The summed E-state index contributed by atoms with van der Waals surface area (Å²) in [5, 5.41) is 66.9. The Kier molecular flexibility index (Phi) is 8.00. The van der Waals surface area contributed by atoms with Gasteiger partial charge < -0.3 is 30.6 Å². The summed E-state index contributed by atoms with van der Waals surface area (Å²) in [5.41, 5.74) is -5.08. The van der Waals surface area contributed by atoms with Gasteiger partial charge in [0.05, 0.1) is 24.9 Å². The number of rotatable bonds is 7. The van der Waals surface area contributed by atoms with Crippen LogP contribution < -0.4 is 0 Å². The smallest absolute Gasteiger partial charge is 0.393 e. The number of hydrogen-bond acceptors (Lipinski definition) is 9. The monoisotopic (exact) mass is 562 g/mol. The molecule has 0 amide bonds. The fourth-order valence-electron chi connectivity index (χ4n) is 9.50. The molecule has 38 heavy (non-hydrogen) atoms. The fraction of sp³-hybridized carbons (Fsp3) is 0.926. The molecule has 0 aromatic rings. The van der Waals surface area contributed by atoms with Crippen molar-refractivity contribution in [2.24, 2.45) is 34.5 Å². The van der Waals surface area contributed by atoms with E-state index in [2.05, 4.69) is 0 Å². The maximum absolute atomic E-state index is 12.6. The van der Waals surface area contributed by atoms with Crippen LogP contribution in [0.15, 0.2) is 11.6 Å². The van der Waals surface area contributed by atoms with Gasteiger partial charge in [-0.15, -0.1) is 0 Å². The van der Waals surface area contributed by atoms with Crippen LogP contribution in [0.2, 0.25) is 0 Å². The highest BCUT2D eigenvalue weighted by Crippen LogP contribution is 2.71. The molecule has 10 nitrogen and oxygen atoms in total. The second-order valence-corrected chi connectivity index (χ2v) is 14.3. The van der Waals surface area contributed by atoms with E-state index < -0.39 is 68.7 Å². The van der Waals surface area contributed by atoms with Crippen molar-refractivity contribution in [3.8, 4) is 0 Å². The molecule has 0 aliphatic heterocycles. The van der Waals surface area contributed by atoms with Gasteiger partial charge in [0.2, 0.25) is 0 Å². The quantitative estimate of drug-likeness (QED) is 0.176. The van der Waals surface area contributed by atoms with Crippen LogP contribution in [0.5, 0.6) is 0 Å². The minimum absolute atomic E-state index is 0.0205. The average molecular weight is 563 g/mol. The summed E-state index contributed by atoms with van der Waals surface area (Å²) in [6.07, 6.45) is -0.205. The minimum Gasteiger partial charge on any atom is -0.393 e. The molecule has 0 aromatic carbocycles. The summed E-state index contributed by atoms with van der Waals surface area (Å²) >= 11 is 0. The molecule has 12 unspecified atom stereocenters. The maximum Gasteiger partial charge on any atom is 0.397 e.